The molecule has 66 valence electrons. The van der Waals surface area contributed by atoms with Crippen molar-refractivity contribution in [2.45, 2.75) is 13.3 Å². The van der Waals surface area contributed by atoms with Gasteiger partial charge in [0.25, 0.3) is 0 Å². The maximum Gasteiger partial charge on any atom is 0.389 e. The molecule has 0 unspecified atom stereocenters. The second-order valence-corrected chi connectivity index (χ2v) is 2.07. The van der Waals surface area contributed by atoms with Crippen LogP contribution in [0.3, 0.4) is 0 Å². The number of methoxy groups -OCH3 is 1. The van der Waals surface area contributed by atoms with Gasteiger partial charge < -0.3 is 9.94 Å². The van der Waals surface area contributed by atoms with Crippen LogP contribution in [0.4, 0.5) is 0 Å². The van der Waals surface area contributed by atoms with Gasteiger partial charge in [-0.15, -0.1) is 0 Å². The van der Waals surface area contributed by atoms with E-state index in [2.05, 4.69) is 14.5 Å². The Morgan fingerprint density at radius 2 is 2.50 bits per heavy atom. The number of carbonyl (C=O) groups excluding carboxylic acids is 1. The second-order valence-electron chi connectivity index (χ2n) is 2.07. The third-order valence-electron chi connectivity index (χ3n) is 1.41. The van der Waals surface area contributed by atoms with Crippen molar-refractivity contribution < 1.29 is 19.1 Å². The summed E-state index contributed by atoms with van der Waals surface area (Å²) in [6.45, 7) is 1.72. The minimum atomic E-state index is -0.662. The van der Waals surface area contributed by atoms with E-state index in [1.54, 1.807) is 6.92 Å². The van der Waals surface area contributed by atoms with Gasteiger partial charge in [0.15, 0.2) is 0 Å². The molecule has 6 nitrogen and oxygen atoms in total. The standard InChI is InChI=1S/C6H8N2O4/c1-3-4-5(6(9)11-2)7-12-8(4)10/h3H2,1-2H3. The van der Waals surface area contributed by atoms with Crippen molar-refractivity contribution in [1.29, 1.82) is 0 Å². The van der Waals surface area contributed by atoms with Crippen LogP contribution in [0.5, 0.6) is 0 Å². The van der Waals surface area contributed by atoms with E-state index < -0.39 is 5.97 Å². The van der Waals surface area contributed by atoms with Crippen molar-refractivity contribution in [2.75, 3.05) is 7.11 Å². The Labute approximate surface area is 68.3 Å². The summed E-state index contributed by atoms with van der Waals surface area (Å²) in [5.41, 5.74) is 0.122. The minimum Gasteiger partial charge on any atom is -0.462 e. The Balaban J connectivity index is 3.07. The maximum atomic E-state index is 10.9. The fourth-order valence-electron chi connectivity index (χ4n) is 0.815. The lowest BCUT2D eigenvalue weighted by Gasteiger charge is -1.91. The van der Waals surface area contributed by atoms with Gasteiger partial charge in [-0.05, 0) is 4.90 Å². The maximum absolute atomic E-state index is 10.9. The zero-order chi connectivity index (χ0) is 9.14. The Hall–Kier alpha value is -1.59. The van der Waals surface area contributed by atoms with Crippen molar-refractivity contribution in [1.82, 2.24) is 5.16 Å². The van der Waals surface area contributed by atoms with Crippen LogP contribution < -0.4 is 4.90 Å². The van der Waals surface area contributed by atoms with Crippen molar-refractivity contribution >= 4 is 5.97 Å². The van der Waals surface area contributed by atoms with Crippen molar-refractivity contribution in [2.24, 2.45) is 0 Å². The summed E-state index contributed by atoms with van der Waals surface area (Å²) in [6.07, 6.45) is 0.372. The zero-order valence-corrected chi connectivity index (χ0v) is 6.73. The summed E-state index contributed by atoms with van der Waals surface area (Å²) in [4.78, 5) is 11.1. The van der Waals surface area contributed by atoms with Gasteiger partial charge in [0.2, 0.25) is 5.69 Å². The molecule has 0 amide bonds. The lowest BCUT2D eigenvalue weighted by molar-refractivity contribution is -0.807. The summed E-state index contributed by atoms with van der Waals surface area (Å²) in [5.74, 6) is -0.662. The van der Waals surface area contributed by atoms with Gasteiger partial charge in [0, 0.05) is 6.42 Å². The topological polar surface area (TPSA) is 79.3 Å². The Morgan fingerprint density at radius 3 is 3.00 bits per heavy atom. The molecule has 1 aromatic rings. The second kappa shape index (κ2) is 3.21. The van der Waals surface area contributed by atoms with E-state index in [0.717, 1.165) is 0 Å². The molecule has 0 aliphatic rings. The van der Waals surface area contributed by atoms with Crippen molar-refractivity contribution in [3.63, 3.8) is 0 Å². The number of aromatic nitrogens is 2. The van der Waals surface area contributed by atoms with Crippen LogP contribution in [0.2, 0.25) is 0 Å². The number of esters is 1. The number of nitrogens with zero attached hydrogens (tertiary/aromatic N) is 2. The van der Waals surface area contributed by atoms with E-state index in [0.29, 0.717) is 6.42 Å². The molecular formula is C6H8N2O4. The Bertz CT molecular complexity index is 294. The molecule has 0 aliphatic heterocycles. The first-order valence-electron chi connectivity index (χ1n) is 3.37. The summed E-state index contributed by atoms with van der Waals surface area (Å²) in [5, 5.41) is 14.0. The van der Waals surface area contributed by atoms with Crippen LogP contribution >= 0.6 is 0 Å². The highest BCUT2D eigenvalue weighted by atomic mass is 16.8. The molecule has 6 heteroatoms. The number of rotatable bonds is 2. The summed E-state index contributed by atoms with van der Waals surface area (Å²) in [6, 6.07) is 0. The number of hydrogen-bond acceptors (Lipinski definition) is 5. The molecule has 0 N–H and O–H groups in total. The molecule has 1 rings (SSSR count). The van der Waals surface area contributed by atoms with Crippen molar-refractivity contribution in [3.8, 4) is 0 Å². The molecule has 0 fully saturated rings. The monoisotopic (exact) mass is 172 g/mol. The van der Waals surface area contributed by atoms with Crippen LogP contribution in [0.15, 0.2) is 4.63 Å². The molecule has 0 saturated heterocycles. The fourth-order valence-corrected chi connectivity index (χ4v) is 0.815. The van der Waals surface area contributed by atoms with Crippen LogP contribution in [-0.4, -0.2) is 18.2 Å². The summed E-state index contributed by atoms with van der Waals surface area (Å²) < 4.78 is 8.60. The molecule has 1 aromatic heterocycles. The number of carbonyl (C=O) groups is 1. The van der Waals surface area contributed by atoms with Gasteiger partial charge in [-0.2, -0.15) is 0 Å². The van der Waals surface area contributed by atoms with Gasteiger partial charge in [-0.3, -0.25) is 4.63 Å². The average molecular weight is 172 g/mol. The lowest BCUT2D eigenvalue weighted by Crippen LogP contribution is -2.28. The first-order valence-corrected chi connectivity index (χ1v) is 3.37. The SMILES string of the molecule is CCc1c(C(=O)OC)no[n+]1[O-]. The van der Waals surface area contributed by atoms with Gasteiger partial charge in [-0.25, -0.2) is 4.79 Å². The highest BCUT2D eigenvalue weighted by Gasteiger charge is 2.25. The zero-order valence-electron chi connectivity index (χ0n) is 6.73. The molecule has 1 heterocycles. The molecule has 0 aromatic carbocycles. The van der Waals surface area contributed by atoms with Gasteiger partial charge in [-0.1, -0.05) is 6.92 Å². The van der Waals surface area contributed by atoms with E-state index in [4.69, 9.17) is 0 Å². The highest BCUT2D eigenvalue weighted by Crippen LogP contribution is 2.02. The average Bonchev–Trinajstić information content (AvgIpc) is 2.45. The van der Waals surface area contributed by atoms with E-state index in [-0.39, 0.29) is 16.3 Å². The van der Waals surface area contributed by atoms with Crippen LogP contribution in [0.25, 0.3) is 0 Å². The minimum absolute atomic E-state index is 0.0602. The first-order chi connectivity index (χ1) is 5.70. The van der Waals surface area contributed by atoms with Crippen LogP contribution in [0, 0.1) is 5.21 Å². The molecule has 12 heavy (non-hydrogen) atoms. The number of hydrogen-bond donors (Lipinski definition) is 0. The third kappa shape index (κ3) is 1.23. The third-order valence-corrected chi connectivity index (χ3v) is 1.41. The molecule has 0 spiro atoms. The normalized spacial score (nSPS) is 9.83. The Morgan fingerprint density at radius 1 is 1.83 bits per heavy atom. The van der Waals surface area contributed by atoms with E-state index in [9.17, 15) is 10.0 Å². The van der Waals surface area contributed by atoms with Gasteiger partial charge in [0.05, 0.1) is 12.3 Å². The Kier molecular flexibility index (Phi) is 2.27. The van der Waals surface area contributed by atoms with Crippen molar-refractivity contribution in [3.05, 3.63) is 16.6 Å². The summed E-state index contributed by atoms with van der Waals surface area (Å²) >= 11 is 0. The van der Waals surface area contributed by atoms with Gasteiger partial charge in [0.1, 0.15) is 0 Å². The van der Waals surface area contributed by atoms with E-state index in [1.165, 1.54) is 7.11 Å². The molecule has 0 radical (unpaired) electrons. The molecule has 0 bridgehead atoms. The summed E-state index contributed by atoms with van der Waals surface area (Å²) in [7, 11) is 1.21. The van der Waals surface area contributed by atoms with Crippen LogP contribution in [0.1, 0.15) is 23.1 Å². The van der Waals surface area contributed by atoms with Gasteiger partial charge >= 0.3 is 11.7 Å². The fraction of sp³-hybridized carbons (Fsp3) is 0.500. The van der Waals surface area contributed by atoms with Crippen LogP contribution in [-0.2, 0) is 11.2 Å². The lowest BCUT2D eigenvalue weighted by atomic mass is 10.3. The molecule has 0 atom stereocenters. The number of ether oxygens (including phenoxy) is 1. The van der Waals surface area contributed by atoms with E-state index in [1.807, 2.05) is 0 Å². The highest BCUT2D eigenvalue weighted by molar-refractivity contribution is 5.87. The molecular weight excluding hydrogens is 164 g/mol. The first kappa shape index (κ1) is 8.51. The largest absolute Gasteiger partial charge is 0.462 e. The predicted octanol–water partition coefficient (Wildman–Crippen LogP) is -0.343. The smallest absolute Gasteiger partial charge is 0.389 e. The molecule has 0 saturated carbocycles. The quantitative estimate of drug-likeness (QED) is 0.450. The molecule has 0 aliphatic carbocycles. The predicted molar refractivity (Wildman–Crippen MR) is 36.2 cm³/mol. The van der Waals surface area contributed by atoms with E-state index >= 15 is 0 Å².